The van der Waals surface area contributed by atoms with Crippen LogP contribution in [0, 0.1) is 0 Å². The number of rotatable bonds is 2. The van der Waals surface area contributed by atoms with Gasteiger partial charge in [-0.2, -0.15) is 0 Å². The molecule has 1 aliphatic heterocycles. The van der Waals surface area contributed by atoms with Crippen LogP contribution in [-0.4, -0.2) is 48.4 Å². The second-order valence-corrected chi connectivity index (χ2v) is 4.89. The number of hydrogen-bond donors (Lipinski definition) is 1. The highest BCUT2D eigenvalue weighted by Crippen LogP contribution is 2.21. The molecule has 1 aliphatic rings. The molecule has 0 unspecified atom stereocenters. The molecule has 0 saturated carbocycles. The second kappa shape index (κ2) is 5.86. The Morgan fingerprint density at radius 1 is 1.22 bits per heavy atom. The van der Waals surface area contributed by atoms with Crippen molar-refractivity contribution < 1.29 is 9.59 Å². The number of nitrogens with zero attached hydrogens (tertiary/aromatic N) is 2. The number of carbonyl (C=O) groups is 2. The lowest BCUT2D eigenvalue weighted by Crippen LogP contribution is -2.49. The first-order valence-electron chi connectivity index (χ1n) is 5.70. The lowest BCUT2D eigenvalue weighted by Gasteiger charge is -2.32. The number of amides is 3. The summed E-state index contributed by atoms with van der Waals surface area (Å²) in [5, 5.41) is 2.85. The second-order valence-electron chi connectivity index (χ2n) is 4.04. The highest BCUT2D eigenvalue weighted by Gasteiger charge is 2.20. The van der Waals surface area contributed by atoms with Crippen molar-refractivity contribution in [2.24, 2.45) is 0 Å². The summed E-state index contributed by atoms with van der Waals surface area (Å²) in [7, 11) is 0. The molecule has 1 aromatic rings. The maximum Gasteiger partial charge on any atom is 0.321 e. The van der Waals surface area contributed by atoms with Crippen LogP contribution in [0.5, 0.6) is 0 Å². The van der Waals surface area contributed by atoms with E-state index in [9.17, 15) is 9.59 Å². The van der Waals surface area contributed by atoms with Gasteiger partial charge in [0.1, 0.15) is 0 Å². The molecule has 1 N–H and O–H groups in total. The number of nitrogens with one attached hydrogen (secondary N) is 1. The first-order valence-corrected chi connectivity index (χ1v) is 6.50. The van der Waals surface area contributed by atoms with E-state index in [4.69, 9.17) is 0 Å². The van der Waals surface area contributed by atoms with E-state index in [2.05, 4.69) is 21.2 Å². The molecule has 1 aromatic carbocycles. The summed E-state index contributed by atoms with van der Waals surface area (Å²) in [4.78, 5) is 26.0. The normalized spacial score (nSPS) is 15.4. The molecule has 6 heteroatoms. The monoisotopic (exact) mass is 311 g/mol. The average Bonchev–Trinajstić information content (AvgIpc) is 2.41. The molecule has 18 heavy (non-hydrogen) atoms. The SMILES string of the molecule is O=CN1CCN(C(=O)Nc2ccccc2Br)CC1. The third-order valence-electron chi connectivity index (χ3n) is 2.87. The quantitative estimate of drug-likeness (QED) is 0.846. The molecule has 3 amide bonds. The summed E-state index contributed by atoms with van der Waals surface area (Å²) < 4.78 is 0.852. The fourth-order valence-corrected chi connectivity index (χ4v) is 2.17. The summed E-state index contributed by atoms with van der Waals surface area (Å²) >= 11 is 3.38. The van der Waals surface area contributed by atoms with Crippen LogP contribution in [0.15, 0.2) is 28.7 Å². The van der Waals surface area contributed by atoms with Crippen LogP contribution in [0.2, 0.25) is 0 Å². The van der Waals surface area contributed by atoms with Crippen molar-refractivity contribution in [3.05, 3.63) is 28.7 Å². The standard InChI is InChI=1S/C12H14BrN3O2/c13-10-3-1-2-4-11(10)14-12(18)16-7-5-15(9-17)6-8-16/h1-4,9H,5-8H2,(H,14,18). The number of hydrogen-bond acceptors (Lipinski definition) is 2. The van der Waals surface area contributed by atoms with Crippen molar-refractivity contribution >= 4 is 34.1 Å². The van der Waals surface area contributed by atoms with Crippen LogP contribution in [-0.2, 0) is 4.79 Å². The highest BCUT2D eigenvalue weighted by molar-refractivity contribution is 9.10. The Kier molecular flexibility index (Phi) is 4.19. The highest BCUT2D eigenvalue weighted by atomic mass is 79.9. The van der Waals surface area contributed by atoms with Gasteiger partial charge in [-0.1, -0.05) is 12.1 Å². The number of benzene rings is 1. The Morgan fingerprint density at radius 2 is 1.89 bits per heavy atom. The molecule has 0 radical (unpaired) electrons. The van der Waals surface area contributed by atoms with Gasteiger partial charge >= 0.3 is 6.03 Å². The Balaban J connectivity index is 1.93. The minimum Gasteiger partial charge on any atom is -0.342 e. The molecular weight excluding hydrogens is 298 g/mol. The molecule has 0 atom stereocenters. The van der Waals surface area contributed by atoms with Gasteiger partial charge in [-0.25, -0.2) is 4.79 Å². The zero-order valence-corrected chi connectivity index (χ0v) is 11.4. The summed E-state index contributed by atoms with van der Waals surface area (Å²) in [5.41, 5.74) is 0.750. The van der Waals surface area contributed by atoms with Gasteiger partial charge in [-0.05, 0) is 28.1 Å². The van der Waals surface area contributed by atoms with E-state index in [1.807, 2.05) is 24.3 Å². The third-order valence-corrected chi connectivity index (χ3v) is 3.56. The van der Waals surface area contributed by atoms with E-state index < -0.39 is 0 Å². The molecule has 0 aliphatic carbocycles. The van der Waals surface area contributed by atoms with Crippen LogP contribution in [0.4, 0.5) is 10.5 Å². The molecule has 0 bridgehead atoms. The lowest BCUT2D eigenvalue weighted by molar-refractivity contribution is -0.119. The molecule has 1 heterocycles. The Hall–Kier alpha value is -1.56. The van der Waals surface area contributed by atoms with Gasteiger partial charge in [0.25, 0.3) is 0 Å². The lowest BCUT2D eigenvalue weighted by atomic mass is 10.3. The van der Waals surface area contributed by atoms with Gasteiger partial charge in [-0.3, -0.25) is 4.79 Å². The zero-order valence-electron chi connectivity index (χ0n) is 9.80. The Labute approximate surface area is 114 Å². The predicted molar refractivity (Wildman–Crippen MR) is 72.4 cm³/mol. The minimum atomic E-state index is -0.132. The first-order chi connectivity index (χ1) is 8.70. The van der Waals surface area contributed by atoms with Crippen molar-refractivity contribution in [2.75, 3.05) is 31.5 Å². The zero-order chi connectivity index (χ0) is 13.0. The van der Waals surface area contributed by atoms with Crippen LogP contribution in [0.1, 0.15) is 0 Å². The smallest absolute Gasteiger partial charge is 0.321 e. The number of para-hydroxylation sites is 1. The van der Waals surface area contributed by atoms with Crippen LogP contribution in [0.3, 0.4) is 0 Å². The van der Waals surface area contributed by atoms with Gasteiger partial charge in [0.2, 0.25) is 6.41 Å². The topological polar surface area (TPSA) is 52.7 Å². The third kappa shape index (κ3) is 3.01. The molecule has 2 rings (SSSR count). The van der Waals surface area contributed by atoms with Crippen molar-refractivity contribution in [3.8, 4) is 0 Å². The molecular formula is C12H14BrN3O2. The van der Waals surface area contributed by atoms with Crippen LogP contribution in [0.25, 0.3) is 0 Å². The van der Waals surface area contributed by atoms with E-state index in [-0.39, 0.29) is 6.03 Å². The summed E-state index contributed by atoms with van der Waals surface area (Å²) in [6.07, 6.45) is 0.822. The van der Waals surface area contributed by atoms with Crippen molar-refractivity contribution in [1.82, 2.24) is 9.80 Å². The van der Waals surface area contributed by atoms with Crippen LogP contribution < -0.4 is 5.32 Å². The molecule has 5 nitrogen and oxygen atoms in total. The van der Waals surface area contributed by atoms with E-state index in [1.165, 1.54) is 0 Å². The molecule has 1 fully saturated rings. The van der Waals surface area contributed by atoms with Gasteiger partial charge in [-0.15, -0.1) is 0 Å². The van der Waals surface area contributed by atoms with Gasteiger partial charge in [0.15, 0.2) is 0 Å². The summed E-state index contributed by atoms with van der Waals surface area (Å²) in [6, 6.07) is 7.34. The number of urea groups is 1. The van der Waals surface area contributed by atoms with E-state index >= 15 is 0 Å². The fraction of sp³-hybridized carbons (Fsp3) is 0.333. The fourth-order valence-electron chi connectivity index (χ4n) is 1.79. The number of piperazine rings is 1. The summed E-state index contributed by atoms with van der Waals surface area (Å²) in [6.45, 7) is 2.31. The summed E-state index contributed by atoms with van der Waals surface area (Å²) in [5.74, 6) is 0. The van der Waals surface area contributed by atoms with Crippen LogP contribution >= 0.6 is 15.9 Å². The molecule has 0 spiro atoms. The van der Waals surface area contributed by atoms with Gasteiger partial charge < -0.3 is 15.1 Å². The number of anilines is 1. The molecule has 0 aromatic heterocycles. The van der Waals surface area contributed by atoms with Gasteiger partial charge in [0.05, 0.1) is 5.69 Å². The Bertz CT molecular complexity index is 445. The maximum absolute atomic E-state index is 12.0. The minimum absolute atomic E-state index is 0.132. The maximum atomic E-state index is 12.0. The van der Waals surface area contributed by atoms with Crippen molar-refractivity contribution in [1.29, 1.82) is 0 Å². The first kappa shape index (κ1) is 12.9. The predicted octanol–water partition coefficient (Wildman–Crippen LogP) is 1.75. The van der Waals surface area contributed by atoms with Gasteiger partial charge in [0, 0.05) is 30.7 Å². The Morgan fingerprint density at radius 3 is 2.50 bits per heavy atom. The van der Waals surface area contributed by atoms with E-state index in [0.717, 1.165) is 16.6 Å². The average molecular weight is 312 g/mol. The largest absolute Gasteiger partial charge is 0.342 e. The van der Waals surface area contributed by atoms with E-state index in [0.29, 0.717) is 26.2 Å². The molecule has 96 valence electrons. The van der Waals surface area contributed by atoms with Crippen molar-refractivity contribution in [2.45, 2.75) is 0 Å². The van der Waals surface area contributed by atoms with E-state index in [1.54, 1.807) is 9.80 Å². The van der Waals surface area contributed by atoms with Crippen molar-refractivity contribution in [3.63, 3.8) is 0 Å². The molecule has 1 saturated heterocycles. The number of carbonyl (C=O) groups excluding carboxylic acids is 2. The number of halogens is 1.